The van der Waals surface area contributed by atoms with Crippen LogP contribution in [0.3, 0.4) is 0 Å². The number of hydrogen-bond acceptors (Lipinski definition) is 3. The molecule has 0 heterocycles. The Morgan fingerprint density at radius 3 is 2.04 bits per heavy atom. The molecule has 2 aromatic rings. The number of ether oxygens (including phenoxy) is 1. The highest BCUT2D eigenvalue weighted by Gasteiger charge is 2.36. The van der Waals surface area contributed by atoms with E-state index in [4.69, 9.17) is 4.74 Å². The lowest BCUT2D eigenvalue weighted by molar-refractivity contribution is -0.144. The SMILES string of the molecule is CCOC(=O)C[C@@H]1c2ccc(C)c(C)c2-c2c(ccc(C)c2C)[C@@H]1O. The van der Waals surface area contributed by atoms with Gasteiger partial charge in [0.05, 0.1) is 19.1 Å². The van der Waals surface area contributed by atoms with Crippen LogP contribution in [0, 0.1) is 27.7 Å². The van der Waals surface area contributed by atoms with Gasteiger partial charge in [0, 0.05) is 5.92 Å². The van der Waals surface area contributed by atoms with Crippen molar-refractivity contribution in [1.82, 2.24) is 0 Å². The highest BCUT2D eigenvalue weighted by atomic mass is 16.5. The van der Waals surface area contributed by atoms with Gasteiger partial charge in [0.2, 0.25) is 0 Å². The van der Waals surface area contributed by atoms with Gasteiger partial charge in [-0.2, -0.15) is 0 Å². The standard InChI is InChI=1S/C22H26O3/c1-6-25-19(23)11-18-16-9-7-12(2)14(4)20(16)21-15(5)13(3)8-10-17(21)22(18)24/h7-10,18,22,24H,6,11H2,1-5H3/t18-,22+/m1/s1. The van der Waals surface area contributed by atoms with E-state index in [0.29, 0.717) is 6.61 Å². The van der Waals surface area contributed by atoms with Crippen LogP contribution in [0.4, 0.5) is 0 Å². The van der Waals surface area contributed by atoms with Crippen molar-refractivity contribution < 1.29 is 14.6 Å². The average molecular weight is 338 g/mol. The fourth-order valence-electron chi connectivity index (χ4n) is 3.90. The van der Waals surface area contributed by atoms with E-state index in [9.17, 15) is 9.90 Å². The van der Waals surface area contributed by atoms with Crippen LogP contribution in [-0.2, 0) is 9.53 Å². The van der Waals surface area contributed by atoms with Crippen LogP contribution < -0.4 is 0 Å². The molecule has 1 aliphatic carbocycles. The summed E-state index contributed by atoms with van der Waals surface area (Å²) in [7, 11) is 0. The Hall–Kier alpha value is -2.13. The molecule has 0 saturated heterocycles. The van der Waals surface area contributed by atoms with Gasteiger partial charge >= 0.3 is 5.97 Å². The molecular weight excluding hydrogens is 312 g/mol. The first-order chi connectivity index (χ1) is 11.9. The van der Waals surface area contributed by atoms with Gasteiger partial charge in [-0.25, -0.2) is 0 Å². The summed E-state index contributed by atoms with van der Waals surface area (Å²) >= 11 is 0. The number of carbonyl (C=O) groups is 1. The summed E-state index contributed by atoms with van der Waals surface area (Å²) in [6, 6.07) is 8.20. The van der Waals surface area contributed by atoms with Gasteiger partial charge in [0.15, 0.2) is 0 Å². The van der Waals surface area contributed by atoms with Crippen molar-refractivity contribution in [2.45, 2.75) is 53.1 Å². The summed E-state index contributed by atoms with van der Waals surface area (Å²) in [5, 5.41) is 11.1. The minimum atomic E-state index is -0.701. The van der Waals surface area contributed by atoms with Crippen LogP contribution in [0.25, 0.3) is 11.1 Å². The number of hydrogen-bond donors (Lipinski definition) is 1. The highest BCUT2D eigenvalue weighted by molar-refractivity contribution is 5.83. The molecule has 132 valence electrons. The Bertz CT molecular complexity index is 836. The third-order valence-electron chi connectivity index (χ3n) is 5.58. The minimum Gasteiger partial charge on any atom is -0.466 e. The molecule has 2 atom stereocenters. The summed E-state index contributed by atoms with van der Waals surface area (Å²) in [5.74, 6) is -0.536. The monoisotopic (exact) mass is 338 g/mol. The Kier molecular flexibility index (Phi) is 4.70. The lowest BCUT2D eigenvalue weighted by Gasteiger charge is -2.35. The molecule has 0 saturated carbocycles. The largest absolute Gasteiger partial charge is 0.466 e. The number of rotatable bonds is 3. The molecule has 3 rings (SSSR count). The van der Waals surface area contributed by atoms with Crippen molar-refractivity contribution in [3.8, 4) is 11.1 Å². The van der Waals surface area contributed by atoms with Crippen LogP contribution in [0.15, 0.2) is 24.3 Å². The molecule has 0 spiro atoms. The van der Waals surface area contributed by atoms with Gasteiger partial charge in [-0.05, 0) is 79.1 Å². The minimum absolute atomic E-state index is 0.191. The van der Waals surface area contributed by atoms with Gasteiger partial charge in [-0.15, -0.1) is 0 Å². The summed E-state index contributed by atoms with van der Waals surface area (Å²) in [6.45, 7) is 10.6. The maximum absolute atomic E-state index is 12.1. The molecule has 0 amide bonds. The van der Waals surface area contributed by atoms with Gasteiger partial charge < -0.3 is 9.84 Å². The van der Waals surface area contributed by atoms with Crippen molar-refractivity contribution in [3.63, 3.8) is 0 Å². The van der Waals surface area contributed by atoms with Gasteiger partial charge in [0.25, 0.3) is 0 Å². The molecule has 0 aromatic heterocycles. The Morgan fingerprint density at radius 1 is 0.960 bits per heavy atom. The van der Waals surface area contributed by atoms with Crippen molar-refractivity contribution in [3.05, 3.63) is 57.6 Å². The van der Waals surface area contributed by atoms with Crippen LogP contribution in [0.5, 0.6) is 0 Å². The molecule has 2 aromatic carbocycles. The zero-order valence-electron chi connectivity index (χ0n) is 15.6. The molecular formula is C22H26O3. The van der Waals surface area contributed by atoms with Gasteiger partial charge in [0.1, 0.15) is 0 Å². The van der Waals surface area contributed by atoms with E-state index in [0.717, 1.165) is 16.7 Å². The van der Waals surface area contributed by atoms with Gasteiger partial charge in [-0.3, -0.25) is 4.79 Å². The Balaban J connectivity index is 2.24. The summed E-state index contributed by atoms with van der Waals surface area (Å²) in [5.41, 5.74) is 9.11. The van der Waals surface area contributed by atoms with Crippen molar-refractivity contribution in [2.24, 2.45) is 0 Å². The second-order valence-electron chi connectivity index (χ2n) is 7.00. The summed E-state index contributed by atoms with van der Waals surface area (Å²) in [6.07, 6.45) is -0.509. The number of fused-ring (bicyclic) bond motifs is 3. The number of aliphatic hydroxyl groups is 1. The fraction of sp³-hybridized carbons (Fsp3) is 0.409. The molecule has 0 radical (unpaired) electrons. The molecule has 0 bridgehead atoms. The molecule has 3 heteroatoms. The fourth-order valence-corrected chi connectivity index (χ4v) is 3.90. The Morgan fingerprint density at radius 2 is 1.48 bits per heavy atom. The third kappa shape index (κ3) is 2.87. The zero-order valence-corrected chi connectivity index (χ0v) is 15.6. The molecule has 0 fully saturated rings. The number of esters is 1. The second kappa shape index (κ2) is 6.64. The highest BCUT2D eigenvalue weighted by Crippen LogP contribution is 2.50. The topological polar surface area (TPSA) is 46.5 Å². The van der Waals surface area contributed by atoms with Crippen molar-refractivity contribution in [2.75, 3.05) is 6.61 Å². The molecule has 0 aliphatic heterocycles. The number of carbonyl (C=O) groups excluding carboxylic acids is 1. The summed E-state index contributed by atoms with van der Waals surface area (Å²) < 4.78 is 5.14. The first-order valence-electron chi connectivity index (χ1n) is 8.91. The van der Waals surface area contributed by atoms with Crippen molar-refractivity contribution >= 4 is 5.97 Å². The van der Waals surface area contributed by atoms with E-state index < -0.39 is 6.10 Å². The van der Waals surface area contributed by atoms with Crippen LogP contribution in [0.2, 0.25) is 0 Å². The number of aliphatic hydroxyl groups excluding tert-OH is 1. The predicted octanol–water partition coefficient (Wildman–Crippen LogP) is 4.67. The quantitative estimate of drug-likeness (QED) is 0.827. The lowest BCUT2D eigenvalue weighted by Crippen LogP contribution is -2.23. The average Bonchev–Trinajstić information content (AvgIpc) is 2.57. The number of aryl methyl sites for hydroxylation is 2. The first-order valence-corrected chi connectivity index (χ1v) is 8.91. The molecule has 0 unspecified atom stereocenters. The maximum atomic E-state index is 12.1. The second-order valence-corrected chi connectivity index (χ2v) is 7.00. The van der Waals surface area contributed by atoms with Crippen LogP contribution in [-0.4, -0.2) is 17.7 Å². The summed E-state index contributed by atoms with van der Waals surface area (Å²) in [4.78, 5) is 12.1. The molecule has 1 aliphatic rings. The van der Waals surface area contributed by atoms with Crippen LogP contribution in [0.1, 0.15) is 58.7 Å². The van der Waals surface area contributed by atoms with Crippen LogP contribution >= 0.6 is 0 Å². The smallest absolute Gasteiger partial charge is 0.306 e. The van der Waals surface area contributed by atoms with E-state index in [1.165, 1.54) is 27.8 Å². The maximum Gasteiger partial charge on any atom is 0.306 e. The van der Waals surface area contributed by atoms with E-state index >= 15 is 0 Å². The lowest BCUT2D eigenvalue weighted by atomic mass is 9.71. The predicted molar refractivity (Wildman–Crippen MR) is 99.8 cm³/mol. The Labute approximate surface area is 149 Å². The number of benzene rings is 2. The normalized spacial score (nSPS) is 18.5. The van der Waals surface area contributed by atoms with E-state index in [2.05, 4.69) is 45.9 Å². The molecule has 1 N–H and O–H groups in total. The zero-order chi connectivity index (χ0) is 18.3. The van der Waals surface area contributed by atoms with E-state index in [1.54, 1.807) is 6.92 Å². The molecule has 25 heavy (non-hydrogen) atoms. The third-order valence-corrected chi connectivity index (χ3v) is 5.58. The van der Waals surface area contributed by atoms with Crippen molar-refractivity contribution in [1.29, 1.82) is 0 Å². The van der Waals surface area contributed by atoms with E-state index in [-0.39, 0.29) is 18.3 Å². The van der Waals surface area contributed by atoms with E-state index in [1.807, 2.05) is 6.07 Å². The van der Waals surface area contributed by atoms with Gasteiger partial charge in [-0.1, -0.05) is 24.3 Å². The molecule has 3 nitrogen and oxygen atoms in total. The first kappa shape index (κ1) is 17.7.